The summed E-state index contributed by atoms with van der Waals surface area (Å²) in [6.07, 6.45) is 3.19. The summed E-state index contributed by atoms with van der Waals surface area (Å²) in [7, 11) is 1.54. The van der Waals surface area contributed by atoms with Gasteiger partial charge in [0.1, 0.15) is 29.5 Å². The van der Waals surface area contributed by atoms with Gasteiger partial charge in [-0.05, 0) is 25.0 Å². The van der Waals surface area contributed by atoms with E-state index < -0.39 is 11.6 Å². The number of aromatic nitrogens is 2. The van der Waals surface area contributed by atoms with Gasteiger partial charge in [-0.1, -0.05) is 0 Å². The molecular formula is C23H25F2N5O3. The van der Waals surface area contributed by atoms with Gasteiger partial charge < -0.3 is 25.0 Å². The fourth-order valence-corrected chi connectivity index (χ4v) is 3.75. The van der Waals surface area contributed by atoms with Crippen LogP contribution < -0.4 is 20.1 Å². The zero-order valence-corrected chi connectivity index (χ0v) is 18.2. The molecule has 2 N–H and O–H groups in total. The molecule has 1 aliphatic heterocycles. The van der Waals surface area contributed by atoms with Crippen LogP contribution >= 0.6 is 0 Å². The van der Waals surface area contributed by atoms with Crippen molar-refractivity contribution in [1.82, 2.24) is 20.2 Å². The molecule has 0 bridgehead atoms. The molecule has 0 atom stereocenters. The summed E-state index contributed by atoms with van der Waals surface area (Å²) in [5.74, 6) is -0.725. The second kappa shape index (κ2) is 10.4. The summed E-state index contributed by atoms with van der Waals surface area (Å²) in [6, 6.07) is 8.38. The van der Waals surface area contributed by atoms with E-state index in [0.717, 1.165) is 31.0 Å². The highest BCUT2D eigenvalue weighted by Gasteiger charge is 2.23. The topological polar surface area (TPSA) is 88.6 Å². The third-order valence-electron chi connectivity index (χ3n) is 5.43. The number of likely N-dealkylation sites (tertiary alicyclic amines) is 1. The molecule has 0 aliphatic carbocycles. The maximum absolute atomic E-state index is 13.2. The van der Waals surface area contributed by atoms with Crippen LogP contribution in [0.25, 0.3) is 11.0 Å². The Bertz CT molecular complexity index is 1100. The number of ether oxygens (including phenoxy) is 2. The van der Waals surface area contributed by atoms with E-state index in [2.05, 4.69) is 20.6 Å². The van der Waals surface area contributed by atoms with Gasteiger partial charge in [0.2, 0.25) is 5.88 Å². The molecule has 1 aliphatic rings. The second-order valence-electron chi connectivity index (χ2n) is 7.68. The molecule has 3 heterocycles. The van der Waals surface area contributed by atoms with E-state index >= 15 is 0 Å². The Labute approximate surface area is 189 Å². The molecular weight excluding hydrogens is 432 g/mol. The standard InChI is InChI=1S/C23H25F2N5O3/c1-32-21-3-2-19-22(29-21)20(4-7-27-19)28-23(31)30-9-5-17(6-10-30)26-8-11-33-18-13-15(24)12-16(25)14-18/h2-4,7,12-14,17,26H,5-6,8-11H2,1H3,(H,27,28,31). The Morgan fingerprint density at radius 3 is 2.64 bits per heavy atom. The Morgan fingerprint density at radius 1 is 1.15 bits per heavy atom. The Morgan fingerprint density at radius 2 is 1.91 bits per heavy atom. The number of urea groups is 1. The summed E-state index contributed by atoms with van der Waals surface area (Å²) in [6.45, 7) is 2.01. The van der Waals surface area contributed by atoms with E-state index in [1.165, 1.54) is 7.11 Å². The van der Waals surface area contributed by atoms with Crippen LogP contribution in [0.15, 0.2) is 42.6 Å². The van der Waals surface area contributed by atoms with Crippen LogP contribution in [-0.4, -0.2) is 60.3 Å². The monoisotopic (exact) mass is 457 g/mol. The van der Waals surface area contributed by atoms with Crippen LogP contribution in [0.4, 0.5) is 19.3 Å². The molecule has 1 saturated heterocycles. The van der Waals surface area contributed by atoms with Crippen LogP contribution in [0, 0.1) is 11.6 Å². The fraction of sp³-hybridized carbons (Fsp3) is 0.348. The van der Waals surface area contributed by atoms with Crippen molar-refractivity contribution in [3.63, 3.8) is 0 Å². The number of piperidine rings is 1. The number of fused-ring (bicyclic) bond motifs is 1. The molecule has 10 heteroatoms. The van der Waals surface area contributed by atoms with Gasteiger partial charge in [-0.2, -0.15) is 0 Å². The van der Waals surface area contributed by atoms with Crippen molar-refractivity contribution in [1.29, 1.82) is 0 Å². The number of benzene rings is 1. The maximum Gasteiger partial charge on any atom is 0.321 e. The number of anilines is 1. The Hall–Kier alpha value is -3.53. The van der Waals surface area contributed by atoms with Crippen molar-refractivity contribution in [3.05, 3.63) is 54.2 Å². The third-order valence-corrected chi connectivity index (χ3v) is 5.43. The zero-order valence-electron chi connectivity index (χ0n) is 18.2. The van der Waals surface area contributed by atoms with Gasteiger partial charge in [-0.3, -0.25) is 4.98 Å². The number of carbonyl (C=O) groups excluding carboxylic acids is 1. The molecule has 0 radical (unpaired) electrons. The number of nitrogens with zero attached hydrogens (tertiary/aromatic N) is 3. The summed E-state index contributed by atoms with van der Waals surface area (Å²) in [4.78, 5) is 23.2. The van der Waals surface area contributed by atoms with Crippen molar-refractivity contribution in [3.8, 4) is 11.6 Å². The molecule has 0 unspecified atom stereocenters. The normalized spacial score (nSPS) is 14.3. The number of hydrogen-bond acceptors (Lipinski definition) is 6. The fourth-order valence-electron chi connectivity index (χ4n) is 3.75. The molecule has 0 saturated carbocycles. The van der Waals surface area contributed by atoms with E-state index in [-0.39, 0.29) is 24.4 Å². The van der Waals surface area contributed by atoms with Crippen LogP contribution in [0.3, 0.4) is 0 Å². The first-order valence-electron chi connectivity index (χ1n) is 10.7. The number of hydrogen-bond donors (Lipinski definition) is 2. The minimum atomic E-state index is -0.668. The van der Waals surface area contributed by atoms with E-state index in [4.69, 9.17) is 9.47 Å². The van der Waals surface area contributed by atoms with Gasteiger partial charge in [0.25, 0.3) is 0 Å². The average molecular weight is 457 g/mol. The average Bonchev–Trinajstić information content (AvgIpc) is 2.81. The SMILES string of the molecule is COc1ccc2nccc(NC(=O)N3CCC(NCCOc4cc(F)cc(F)c4)CC3)c2n1. The quantitative estimate of drug-likeness (QED) is 0.528. The van der Waals surface area contributed by atoms with E-state index in [0.29, 0.717) is 42.2 Å². The predicted molar refractivity (Wildman–Crippen MR) is 120 cm³/mol. The minimum absolute atomic E-state index is 0.163. The lowest BCUT2D eigenvalue weighted by Gasteiger charge is -2.32. The van der Waals surface area contributed by atoms with Gasteiger partial charge in [-0.15, -0.1) is 0 Å². The van der Waals surface area contributed by atoms with Crippen molar-refractivity contribution in [2.24, 2.45) is 0 Å². The molecule has 2 amide bonds. The molecule has 8 nitrogen and oxygen atoms in total. The number of rotatable bonds is 7. The van der Waals surface area contributed by atoms with Crippen molar-refractivity contribution < 1.29 is 23.0 Å². The summed E-state index contributed by atoms with van der Waals surface area (Å²) < 4.78 is 37.0. The van der Waals surface area contributed by atoms with Crippen LogP contribution in [0.2, 0.25) is 0 Å². The zero-order chi connectivity index (χ0) is 23.2. The predicted octanol–water partition coefficient (Wildman–Crippen LogP) is 3.58. The highest BCUT2D eigenvalue weighted by atomic mass is 19.1. The highest BCUT2D eigenvalue weighted by Crippen LogP contribution is 2.23. The Kier molecular flexibility index (Phi) is 7.13. The first-order chi connectivity index (χ1) is 16.0. The van der Waals surface area contributed by atoms with E-state index in [1.54, 1.807) is 29.3 Å². The summed E-state index contributed by atoms with van der Waals surface area (Å²) in [5, 5.41) is 6.29. The number of amides is 2. The number of halogens is 2. The molecule has 1 aromatic carbocycles. The van der Waals surface area contributed by atoms with Crippen molar-refractivity contribution in [2.45, 2.75) is 18.9 Å². The van der Waals surface area contributed by atoms with E-state index in [1.807, 2.05) is 0 Å². The summed E-state index contributed by atoms with van der Waals surface area (Å²) in [5.41, 5.74) is 1.81. The van der Waals surface area contributed by atoms with Gasteiger partial charge in [0, 0.05) is 56.1 Å². The number of carbonyl (C=O) groups is 1. The first-order valence-corrected chi connectivity index (χ1v) is 10.7. The maximum atomic E-state index is 13.2. The largest absolute Gasteiger partial charge is 0.492 e. The molecule has 3 aromatic rings. The molecule has 0 spiro atoms. The molecule has 2 aromatic heterocycles. The molecule has 4 rings (SSSR count). The van der Waals surface area contributed by atoms with Crippen molar-refractivity contribution >= 4 is 22.8 Å². The van der Waals surface area contributed by atoms with Crippen molar-refractivity contribution in [2.75, 3.05) is 38.7 Å². The van der Waals surface area contributed by atoms with Gasteiger partial charge in [0.15, 0.2) is 0 Å². The number of nitrogens with one attached hydrogen (secondary N) is 2. The first kappa shape index (κ1) is 22.7. The lowest BCUT2D eigenvalue weighted by molar-refractivity contribution is 0.187. The van der Waals surface area contributed by atoms with Crippen LogP contribution in [-0.2, 0) is 0 Å². The van der Waals surface area contributed by atoms with Gasteiger partial charge >= 0.3 is 6.03 Å². The smallest absolute Gasteiger partial charge is 0.321 e. The highest BCUT2D eigenvalue weighted by molar-refractivity contribution is 5.98. The lowest BCUT2D eigenvalue weighted by Crippen LogP contribution is -2.47. The van der Waals surface area contributed by atoms with E-state index in [9.17, 15) is 13.6 Å². The molecule has 1 fully saturated rings. The summed E-state index contributed by atoms with van der Waals surface area (Å²) >= 11 is 0. The second-order valence-corrected chi connectivity index (χ2v) is 7.68. The third kappa shape index (κ3) is 5.83. The minimum Gasteiger partial charge on any atom is -0.492 e. The number of methoxy groups -OCH3 is 1. The lowest BCUT2D eigenvalue weighted by atomic mass is 10.1. The number of pyridine rings is 2. The van der Waals surface area contributed by atoms with Gasteiger partial charge in [-0.25, -0.2) is 18.6 Å². The van der Waals surface area contributed by atoms with Crippen LogP contribution in [0.1, 0.15) is 12.8 Å². The van der Waals surface area contributed by atoms with Crippen LogP contribution in [0.5, 0.6) is 11.6 Å². The Balaban J connectivity index is 1.23. The molecule has 174 valence electrons. The molecule has 33 heavy (non-hydrogen) atoms. The van der Waals surface area contributed by atoms with Gasteiger partial charge in [0.05, 0.1) is 18.3 Å².